The Labute approximate surface area is 141 Å². The van der Waals surface area contributed by atoms with Crippen LogP contribution in [0.4, 0.5) is 8.78 Å². The molecule has 0 saturated carbocycles. The second-order valence-electron chi connectivity index (χ2n) is 6.87. The van der Waals surface area contributed by atoms with Crippen LogP contribution in [0.25, 0.3) is 0 Å². The summed E-state index contributed by atoms with van der Waals surface area (Å²) in [6.07, 6.45) is 4.02. The molecule has 2 saturated heterocycles. The van der Waals surface area contributed by atoms with E-state index in [0.29, 0.717) is 24.6 Å². The van der Waals surface area contributed by atoms with Gasteiger partial charge in [-0.25, -0.2) is 8.78 Å². The number of likely N-dealkylation sites (tertiary alicyclic amines) is 1. The lowest BCUT2D eigenvalue weighted by molar-refractivity contribution is -0.123. The van der Waals surface area contributed by atoms with Crippen LogP contribution in [0.1, 0.15) is 31.2 Å². The van der Waals surface area contributed by atoms with Crippen LogP contribution in [-0.4, -0.2) is 43.0 Å². The Morgan fingerprint density at radius 2 is 2.17 bits per heavy atom. The van der Waals surface area contributed by atoms with Crippen LogP contribution >= 0.6 is 0 Å². The van der Waals surface area contributed by atoms with Crippen molar-refractivity contribution in [2.75, 3.05) is 26.2 Å². The Morgan fingerprint density at radius 1 is 1.29 bits per heavy atom. The number of hydrogen-bond acceptors (Lipinski definition) is 3. The molecule has 1 aromatic carbocycles. The van der Waals surface area contributed by atoms with Gasteiger partial charge in [-0.1, -0.05) is 0 Å². The summed E-state index contributed by atoms with van der Waals surface area (Å²) in [6.45, 7) is 3.66. The van der Waals surface area contributed by atoms with Gasteiger partial charge in [-0.05, 0) is 62.9 Å². The summed E-state index contributed by atoms with van der Waals surface area (Å²) in [5.74, 6) is -0.322. The Kier molecular flexibility index (Phi) is 5.79. The van der Waals surface area contributed by atoms with Crippen LogP contribution in [0.5, 0.6) is 0 Å². The van der Waals surface area contributed by atoms with E-state index < -0.39 is 5.82 Å². The van der Waals surface area contributed by atoms with Gasteiger partial charge in [-0.2, -0.15) is 0 Å². The van der Waals surface area contributed by atoms with E-state index in [9.17, 15) is 13.6 Å². The Balaban J connectivity index is 1.49. The molecule has 2 aliphatic rings. The Hall–Kier alpha value is -1.53. The van der Waals surface area contributed by atoms with E-state index in [2.05, 4.69) is 15.5 Å². The molecule has 2 aliphatic heterocycles. The number of piperidine rings is 1. The SMILES string of the molecule is O=C(NCC1CCCN(Cc2cc(F)ccc2F)C1)C1CCCN1. The number of carbonyl (C=O) groups is 1. The molecule has 2 heterocycles. The fraction of sp³-hybridized carbons (Fsp3) is 0.611. The van der Waals surface area contributed by atoms with Crippen molar-refractivity contribution in [2.45, 2.75) is 38.3 Å². The summed E-state index contributed by atoms with van der Waals surface area (Å²) in [4.78, 5) is 14.2. The normalized spacial score (nSPS) is 24.9. The molecule has 1 amide bonds. The number of benzene rings is 1. The van der Waals surface area contributed by atoms with Gasteiger partial charge in [-0.3, -0.25) is 9.69 Å². The smallest absolute Gasteiger partial charge is 0.237 e. The highest BCUT2D eigenvalue weighted by molar-refractivity contribution is 5.81. The lowest BCUT2D eigenvalue weighted by Crippen LogP contribution is -2.45. The van der Waals surface area contributed by atoms with Gasteiger partial charge in [0.2, 0.25) is 5.91 Å². The van der Waals surface area contributed by atoms with Crippen molar-refractivity contribution in [3.8, 4) is 0 Å². The van der Waals surface area contributed by atoms with Crippen LogP contribution in [0, 0.1) is 17.6 Å². The maximum atomic E-state index is 13.8. The summed E-state index contributed by atoms with van der Waals surface area (Å²) in [7, 11) is 0. The number of amides is 1. The summed E-state index contributed by atoms with van der Waals surface area (Å²) in [5.41, 5.74) is 0.398. The maximum absolute atomic E-state index is 13.8. The lowest BCUT2D eigenvalue weighted by atomic mass is 9.97. The third-order valence-corrected chi connectivity index (χ3v) is 4.95. The fourth-order valence-electron chi connectivity index (χ4n) is 3.64. The van der Waals surface area contributed by atoms with Crippen molar-refractivity contribution in [1.82, 2.24) is 15.5 Å². The zero-order valence-corrected chi connectivity index (χ0v) is 13.9. The van der Waals surface area contributed by atoms with Gasteiger partial charge < -0.3 is 10.6 Å². The second-order valence-corrected chi connectivity index (χ2v) is 6.87. The van der Waals surface area contributed by atoms with E-state index in [1.54, 1.807) is 0 Å². The number of nitrogens with zero attached hydrogens (tertiary/aromatic N) is 1. The first-order valence-electron chi connectivity index (χ1n) is 8.79. The molecule has 1 aromatic rings. The summed E-state index contributed by atoms with van der Waals surface area (Å²) >= 11 is 0. The zero-order valence-electron chi connectivity index (χ0n) is 13.9. The first-order chi connectivity index (χ1) is 11.6. The Bertz CT molecular complexity index is 575. The third kappa shape index (κ3) is 4.51. The minimum Gasteiger partial charge on any atom is -0.354 e. The largest absolute Gasteiger partial charge is 0.354 e. The van der Waals surface area contributed by atoms with Crippen LogP contribution in [0.3, 0.4) is 0 Å². The molecule has 2 N–H and O–H groups in total. The molecule has 6 heteroatoms. The zero-order chi connectivity index (χ0) is 16.9. The number of halogens is 2. The molecule has 4 nitrogen and oxygen atoms in total. The lowest BCUT2D eigenvalue weighted by Gasteiger charge is -2.33. The minimum atomic E-state index is -0.406. The quantitative estimate of drug-likeness (QED) is 0.864. The monoisotopic (exact) mass is 337 g/mol. The van der Waals surface area contributed by atoms with E-state index in [4.69, 9.17) is 0 Å². The molecule has 24 heavy (non-hydrogen) atoms. The molecule has 0 radical (unpaired) electrons. The van der Waals surface area contributed by atoms with Crippen molar-refractivity contribution in [3.05, 3.63) is 35.4 Å². The molecule has 0 aliphatic carbocycles. The van der Waals surface area contributed by atoms with Crippen LogP contribution < -0.4 is 10.6 Å². The number of nitrogens with one attached hydrogen (secondary N) is 2. The molecule has 2 fully saturated rings. The van der Waals surface area contributed by atoms with E-state index in [1.807, 2.05) is 0 Å². The van der Waals surface area contributed by atoms with E-state index in [1.165, 1.54) is 12.1 Å². The Morgan fingerprint density at radius 3 is 2.96 bits per heavy atom. The van der Waals surface area contributed by atoms with E-state index >= 15 is 0 Å². The predicted octanol–water partition coefficient (Wildman–Crippen LogP) is 2.04. The fourth-order valence-corrected chi connectivity index (χ4v) is 3.64. The molecular weight excluding hydrogens is 312 g/mol. The van der Waals surface area contributed by atoms with Crippen molar-refractivity contribution in [1.29, 1.82) is 0 Å². The standard InChI is InChI=1S/C18H25F2N3O/c19-15-5-6-16(20)14(9-15)12-23-8-2-3-13(11-23)10-22-18(24)17-4-1-7-21-17/h5-6,9,13,17,21H,1-4,7-8,10-12H2,(H,22,24). The van der Waals surface area contributed by atoms with Gasteiger partial charge >= 0.3 is 0 Å². The van der Waals surface area contributed by atoms with Crippen molar-refractivity contribution >= 4 is 5.91 Å². The van der Waals surface area contributed by atoms with Crippen molar-refractivity contribution < 1.29 is 13.6 Å². The first kappa shape index (κ1) is 17.3. The van der Waals surface area contributed by atoms with Gasteiger partial charge in [-0.15, -0.1) is 0 Å². The molecule has 3 rings (SSSR count). The van der Waals surface area contributed by atoms with Crippen molar-refractivity contribution in [2.24, 2.45) is 5.92 Å². The predicted molar refractivity (Wildman–Crippen MR) is 88.4 cm³/mol. The number of carbonyl (C=O) groups excluding carboxylic acids is 1. The van der Waals surface area contributed by atoms with Gasteiger partial charge in [0.15, 0.2) is 0 Å². The molecule has 2 atom stereocenters. The van der Waals surface area contributed by atoms with Crippen LogP contribution in [0.15, 0.2) is 18.2 Å². The van der Waals surface area contributed by atoms with Crippen LogP contribution in [0.2, 0.25) is 0 Å². The molecule has 132 valence electrons. The highest BCUT2D eigenvalue weighted by atomic mass is 19.1. The average Bonchev–Trinajstić information content (AvgIpc) is 3.11. The molecule has 2 unspecified atom stereocenters. The van der Waals surface area contributed by atoms with E-state index in [0.717, 1.165) is 51.4 Å². The topological polar surface area (TPSA) is 44.4 Å². The molecule has 0 aromatic heterocycles. The maximum Gasteiger partial charge on any atom is 0.237 e. The average molecular weight is 337 g/mol. The number of hydrogen-bond donors (Lipinski definition) is 2. The third-order valence-electron chi connectivity index (χ3n) is 4.95. The van der Waals surface area contributed by atoms with Crippen molar-refractivity contribution in [3.63, 3.8) is 0 Å². The summed E-state index contributed by atoms with van der Waals surface area (Å²) < 4.78 is 27.1. The second kappa shape index (κ2) is 8.03. The van der Waals surface area contributed by atoms with Crippen LogP contribution in [-0.2, 0) is 11.3 Å². The summed E-state index contributed by atoms with van der Waals surface area (Å²) in [6, 6.07) is 3.55. The minimum absolute atomic E-state index is 0.0499. The van der Waals surface area contributed by atoms with Gasteiger partial charge in [0.05, 0.1) is 6.04 Å². The molecule has 0 bridgehead atoms. The molecular formula is C18H25F2N3O. The van der Waals surface area contributed by atoms with Gasteiger partial charge in [0.25, 0.3) is 0 Å². The first-order valence-corrected chi connectivity index (χ1v) is 8.79. The van der Waals surface area contributed by atoms with Gasteiger partial charge in [0, 0.05) is 25.2 Å². The summed E-state index contributed by atoms with van der Waals surface area (Å²) in [5, 5.41) is 6.23. The van der Waals surface area contributed by atoms with E-state index in [-0.39, 0.29) is 17.8 Å². The highest BCUT2D eigenvalue weighted by Crippen LogP contribution is 2.20. The highest BCUT2D eigenvalue weighted by Gasteiger charge is 2.25. The number of rotatable bonds is 5. The van der Waals surface area contributed by atoms with Gasteiger partial charge in [0.1, 0.15) is 11.6 Å². The molecule has 0 spiro atoms.